The summed E-state index contributed by atoms with van der Waals surface area (Å²) in [6.07, 6.45) is 15.1. The lowest BCUT2D eigenvalue weighted by atomic mass is 10.2. The van der Waals surface area contributed by atoms with Crippen molar-refractivity contribution in [3.63, 3.8) is 0 Å². The van der Waals surface area contributed by atoms with Crippen LogP contribution in [0, 0.1) is 0 Å². The van der Waals surface area contributed by atoms with E-state index in [1.165, 1.54) is 19.3 Å². The average Bonchev–Trinajstić information content (AvgIpc) is 2.20. The second-order valence-corrected chi connectivity index (χ2v) is 3.61. The van der Waals surface area contributed by atoms with E-state index in [4.69, 9.17) is 5.11 Å². The summed E-state index contributed by atoms with van der Waals surface area (Å²) in [5.41, 5.74) is 0. The summed E-state index contributed by atoms with van der Waals surface area (Å²) in [5, 5.41) is 8.39. The number of hydrogen-bond donors (Lipinski definition) is 1. The van der Waals surface area contributed by atoms with Gasteiger partial charge in [-0.05, 0) is 25.7 Å². The standard InChI is InChI=1S/C13H22O2/c1-2-3-4-5-6-7-8-9-10-11-12-13(14)15/h6-7,9-10H,2-5,8,11-12H2,1H3,(H,14,15). The number of rotatable bonds is 9. The maximum absolute atomic E-state index is 10.2. The van der Waals surface area contributed by atoms with Gasteiger partial charge in [-0.1, -0.05) is 44.1 Å². The van der Waals surface area contributed by atoms with Crippen LogP contribution in [0.25, 0.3) is 0 Å². The summed E-state index contributed by atoms with van der Waals surface area (Å²) >= 11 is 0. The highest BCUT2D eigenvalue weighted by Gasteiger charge is 1.90. The van der Waals surface area contributed by atoms with Crippen LogP contribution in [0.3, 0.4) is 0 Å². The average molecular weight is 210 g/mol. The summed E-state index contributed by atoms with van der Waals surface area (Å²) in [7, 11) is 0. The molecule has 0 unspecified atom stereocenters. The summed E-state index contributed by atoms with van der Waals surface area (Å²) < 4.78 is 0. The fraction of sp³-hybridized carbons (Fsp3) is 0.615. The summed E-state index contributed by atoms with van der Waals surface area (Å²) in [4.78, 5) is 10.2. The number of carboxylic acid groups (broad SMARTS) is 1. The Hall–Kier alpha value is -1.05. The molecule has 0 atom stereocenters. The van der Waals surface area contributed by atoms with Gasteiger partial charge in [0.15, 0.2) is 0 Å². The van der Waals surface area contributed by atoms with E-state index in [0.717, 1.165) is 12.8 Å². The fourth-order valence-electron chi connectivity index (χ4n) is 1.23. The molecule has 0 rings (SSSR count). The van der Waals surface area contributed by atoms with Crippen molar-refractivity contribution in [1.29, 1.82) is 0 Å². The van der Waals surface area contributed by atoms with Gasteiger partial charge < -0.3 is 5.11 Å². The van der Waals surface area contributed by atoms with Crippen molar-refractivity contribution in [1.82, 2.24) is 0 Å². The molecule has 2 nitrogen and oxygen atoms in total. The topological polar surface area (TPSA) is 37.3 Å². The highest BCUT2D eigenvalue weighted by atomic mass is 16.4. The third-order valence-corrected chi connectivity index (χ3v) is 2.10. The minimum absolute atomic E-state index is 0.233. The Kier molecular flexibility index (Phi) is 10.3. The molecule has 2 heteroatoms. The normalized spacial score (nSPS) is 11.5. The van der Waals surface area contributed by atoms with Crippen LogP contribution in [0.15, 0.2) is 24.3 Å². The minimum Gasteiger partial charge on any atom is -0.481 e. The second kappa shape index (κ2) is 11.0. The number of allylic oxidation sites excluding steroid dienone is 4. The summed E-state index contributed by atoms with van der Waals surface area (Å²) in [5.74, 6) is -0.727. The van der Waals surface area contributed by atoms with Gasteiger partial charge in [0, 0.05) is 6.42 Å². The lowest BCUT2D eigenvalue weighted by Crippen LogP contribution is -1.91. The zero-order valence-electron chi connectivity index (χ0n) is 9.61. The Labute approximate surface area is 92.7 Å². The lowest BCUT2D eigenvalue weighted by molar-refractivity contribution is -0.136. The Morgan fingerprint density at radius 1 is 1.07 bits per heavy atom. The lowest BCUT2D eigenvalue weighted by Gasteiger charge is -1.90. The maximum Gasteiger partial charge on any atom is 0.303 e. The molecular weight excluding hydrogens is 188 g/mol. The van der Waals surface area contributed by atoms with Crippen LogP contribution in [0.2, 0.25) is 0 Å². The Morgan fingerprint density at radius 3 is 2.33 bits per heavy atom. The van der Waals surface area contributed by atoms with Crippen LogP contribution in [0.1, 0.15) is 51.9 Å². The molecule has 0 spiro atoms. The van der Waals surface area contributed by atoms with Gasteiger partial charge in [-0.3, -0.25) is 4.79 Å². The van der Waals surface area contributed by atoms with Crippen LogP contribution in [0.5, 0.6) is 0 Å². The highest BCUT2D eigenvalue weighted by molar-refractivity contribution is 5.66. The quantitative estimate of drug-likeness (QED) is 0.462. The number of carboxylic acids is 1. The molecule has 1 N–H and O–H groups in total. The van der Waals surface area contributed by atoms with Crippen molar-refractivity contribution in [2.24, 2.45) is 0 Å². The number of carbonyl (C=O) groups is 1. The third kappa shape index (κ3) is 12.9. The van der Waals surface area contributed by atoms with Crippen LogP contribution < -0.4 is 0 Å². The van der Waals surface area contributed by atoms with E-state index in [9.17, 15) is 4.79 Å². The first-order chi connectivity index (χ1) is 7.27. The van der Waals surface area contributed by atoms with Crippen LogP contribution in [-0.2, 0) is 4.79 Å². The molecule has 0 amide bonds. The first-order valence-electron chi connectivity index (χ1n) is 5.79. The van der Waals surface area contributed by atoms with Crippen LogP contribution >= 0.6 is 0 Å². The minimum atomic E-state index is -0.727. The van der Waals surface area contributed by atoms with Crippen molar-refractivity contribution in [3.8, 4) is 0 Å². The Balaban J connectivity index is 3.24. The molecule has 0 saturated carbocycles. The summed E-state index contributed by atoms with van der Waals surface area (Å²) in [6.45, 7) is 2.20. The smallest absolute Gasteiger partial charge is 0.303 e. The molecule has 0 aromatic heterocycles. The van der Waals surface area contributed by atoms with E-state index in [1.807, 2.05) is 12.2 Å². The zero-order valence-corrected chi connectivity index (χ0v) is 9.61. The molecule has 0 aromatic rings. The molecule has 15 heavy (non-hydrogen) atoms. The van der Waals surface area contributed by atoms with E-state index < -0.39 is 5.97 Å². The molecular formula is C13H22O2. The van der Waals surface area contributed by atoms with Crippen molar-refractivity contribution in [2.75, 3.05) is 0 Å². The van der Waals surface area contributed by atoms with Crippen molar-refractivity contribution >= 4 is 5.97 Å². The molecule has 0 fully saturated rings. The Bertz CT molecular complexity index is 205. The largest absolute Gasteiger partial charge is 0.481 e. The van der Waals surface area contributed by atoms with Crippen LogP contribution in [-0.4, -0.2) is 11.1 Å². The molecule has 0 aliphatic rings. The van der Waals surface area contributed by atoms with Crippen molar-refractivity contribution in [3.05, 3.63) is 24.3 Å². The zero-order chi connectivity index (χ0) is 11.4. The fourth-order valence-corrected chi connectivity index (χ4v) is 1.23. The van der Waals surface area contributed by atoms with Gasteiger partial charge in [0.05, 0.1) is 0 Å². The first-order valence-corrected chi connectivity index (χ1v) is 5.79. The molecule has 0 heterocycles. The van der Waals surface area contributed by atoms with Gasteiger partial charge in [0.1, 0.15) is 0 Å². The molecule has 0 bridgehead atoms. The number of hydrogen-bond acceptors (Lipinski definition) is 1. The van der Waals surface area contributed by atoms with E-state index >= 15 is 0 Å². The molecule has 0 aromatic carbocycles. The van der Waals surface area contributed by atoms with E-state index in [1.54, 1.807) is 0 Å². The van der Waals surface area contributed by atoms with E-state index in [-0.39, 0.29) is 6.42 Å². The van der Waals surface area contributed by atoms with Gasteiger partial charge in [-0.2, -0.15) is 0 Å². The third-order valence-electron chi connectivity index (χ3n) is 2.10. The predicted molar refractivity (Wildman–Crippen MR) is 63.9 cm³/mol. The molecule has 0 aliphatic carbocycles. The van der Waals surface area contributed by atoms with Crippen LogP contribution in [0.4, 0.5) is 0 Å². The highest BCUT2D eigenvalue weighted by Crippen LogP contribution is 2.00. The van der Waals surface area contributed by atoms with Crippen molar-refractivity contribution < 1.29 is 9.90 Å². The molecule has 86 valence electrons. The predicted octanol–water partition coefficient (Wildman–Crippen LogP) is 3.93. The molecule has 0 saturated heterocycles. The molecule has 0 radical (unpaired) electrons. The van der Waals surface area contributed by atoms with Gasteiger partial charge in [-0.15, -0.1) is 0 Å². The maximum atomic E-state index is 10.2. The van der Waals surface area contributed by atoms with E-state index in [2.05, 4.69) is 19.1 Å². The monoisotopic (exact) mass is 210 g/mol. The van der Waals surface area contributed by atoms with Gasteiger partial charge >= 0.3 is 5.97 Å². The number of unbranched alkanes of at least 4 members (excludes halogenated alkanes) is 3. The number of aliphatic carboxylic acids is 1. The van der Waals surface area contributed by atoms with Crippen molar-refractivity contribution in [2.45, 2.75) is 51.9 Å². The second-order valence-electron chi connectivity index (χ2n) is 3.61. The van der Waals surface area contributed by atoms with Gasteiger partial charge in [-0.25, -0.2) is 0 Å². The van der Waals surface area contributed by atoms with E-state index in [0.29, 0.717) is 6.42 Å². The van der Waals surface area contributed by atoms with Gasteiger partial charge in [0.25, 0.3) is 0 Å². The molecule has 0 aliphatic heterocycles. The van der Waals surface area contributed by atoms with Gasteiger partial charge in [0.2, 0.25) is 0 Å². The summed E-state index contributed by atoms with van der Waals surface area (Å²) in [6, 6.07) is 0. The first kappa shape index (κ1) is 13.9. The Morgan fingerprint density at radius 2 is 1.73 bits per heavy atom. The SMILES string of the molecule is CCCCCC=CCC=CCCC(=O)O.